The zero-order valence-corrected chi connectivity index (χ0v) is 31.5. The number of unbranched alkanes of at least 4 members (excludes halogenated alkanes) is 12. The number of hydrogen-bond donors (Lipinski definition) is 4. The Hall–Kier alpha value is -2.82. The molecule has 0 radical (unpaired) electrons. The molecule has 1 aromatic carbocycles. The fourth-order valence-electron chi connectivity index (χ4n) is 6.59. The average Bonchev–Trinajstić information content (AvgIpc) is 3.68. The zero-order valence-electron chi connectivity index (χ0n) is 30.6. The summed E-state index contributed by atoms with van der Waals surface area (Å²) in [7, 11) is 0. The van der Waals surface area contributed by atoms with Crippen molar-refractivity contribution in [2.24, 2.45) is 5.41 Å². The minimum atomic E-state index is -0.817. The summed E-state index contributed by atoms with van der Waals surface area (Å²) >= 11 is 1.59. The van der Waals surface area contributed by atoms with Crippen molar-refractivity contribution in [2.75, 3.05) is 13.2 Å². The second-order valence-corrected chi connectivity index (χ2v) is 15.8. The Kier molecular flexibility index (Phi) is 17.2. The lowest BCUT2D eigenvalue weighted by Crippen LogP contribution is -2.57. The summed E-state index contributed by atoms with van der Waals surface area (Å²) in [6.07, 6.45) is 14.7. The van der Waals surface area contributed by atoms with E-state index in [0.29, 0.717) is 13.0 Å². The molecule has 0 saturated carbocycles. The van der Waals surface area contributed by atoms with E-state index in [1.807, 2.05) is 64.4 Å². The molecule has 1 aliphatic heterocycles. The van der Waals surface area contributed by atoms with Crippen molar-refractivity contribution in [3.63, 3.8) is 0 Å². The van der Waals surface area contributed by atoms with Crippen LogP contribution >= 0.6 is 11.3 Å². The lowest BCUT2D eigenvalue weighted by molar-refractivity contribution is -0.144. The highest BCUT2D eigenvalue weighted by atomic mass is 32.1. The number of aliphatic hydroxyl groups excluding tert-OH is 2. The molecule has 2 aromatic rings. The monoisotopic (exact) mass is 698 g/mol. The molecule has 10 heteroatoms. The summed E-state index contributed by atoms with van der Waals surface area (Å²) in [5.41, 5.74) is 4.25. The third kappa shape index (κ3) is 13.4. The highest BCUT2D eigenvalue weighted by Crippen LogP contribution is 2.29. The standard InChI is InChI=1S/C39H62N4O5S/c1-28(30-20-22-31(23-21-30)35-29(2)40-27-49-35)41-37(47)33-25-32(45)26-43(33)38(48)36(39(3,4)5)42-34(46)19-17-15-13-11-9-7-6-8-10-12-14-16-18-24-44/h20-23,27-28,32-33,36,44-45H,6-19,24-26H2,1-5H3,(H,41,47)(H,42,46)/t28-,32+,33-,36+/m0/s1. The molecule has 1 aromatic heterocycles. The molecule has 0 bridgehead atoms. The fraction of sp³-hybridized carbons (Fsp3) is 0.692. The number of rotatable bonds is 21. The molecular weight excluding hydrogens is 637 g/mol. The minimum Gasteiger partial charge on any atom is -0.396 e. The highest BCUT2D eigenvalue weighted by molar-refractivity contribution is 7.13. The molecule has 0 aliphatic carbocycles. The van der Waals surface area contributed by atoms with Gasteiger partial charge in [0, 0.05) is 26.0 Å². The van der Waals surface area contributed by atoms with Crippen LogP contribution in [0.1, 0.15) is 141 Å². The maximum atomic E-state index is 13.9. The van der Waals surface area contributed by atoms with E-state index in [9.17, 15) is 19.5 Å². The number of likely N-dealkylation sites (tertiary alicyclic amines) is 1. The molecule has 49 heavy (non-hydrogen) atoms. The van der Waals surface area contributed by atoms with Gasteiger partial charge in [-0.15, -0.1) is 11.3 Å². The second-order valence-electron chi connectivity index (χ2n) is 15.0. The summed E-state index contributed by atoms with van der Waals surface area (Å²) in [6.45, 7) is 9.99. The number of nitrogens with zero attached hydrogens (tertiary/aromatic N) is 2. The van der Waals surface area contributed by atoms with Crippen molar-refractivity contribution in [3.05, 3.63) is 41.0 Å². The van der Waals surface area contributed by atoms with Gasteiger partial charge < -0.3 is 25.7 Å². The van der Waals surface area contributed by atoms with Gasteiger partial charge in [-0.1, -0.05) is 116 Å². The first-order valence-corrected chi connectivity index (χ1v) is 19.5. The van der Waals surface area contributed by atoms with Crippen LogP contribution < -0.4 is 10.6 Å². The Morgan fingerprint density at radius 2 is 1.45 bits per heavy atom. The third-order valence-corrected chi connectivity index (χ3v) is 10.6. The Bertz CT molecular complexity index is 1290. The normalized spacial score (nSPS) is 17.6. The quantitative estimate of drug-likeness (QED) is 0.102. The fourth-order valence-corrected chi connectivity index (χ4v) is 7.40. The molecule has 4 atom stereocenters. The molecule has 3 amide bonds. The Labute approximate surface area is 298 Å². The van der Waals surface area contributed by atoms with E-state index in [1.54, 1.807) is 11.3 Å². The predicted molar refractivity (Wildman–Crippen MR) is 198 cm³/mol. The van der Waals surface area contributed by atoms with Gasteiger partial charge in [-0.3, -0.25) is 14.4 Å². The maximum absolute atomic E-state index is 13.9. The first-order valence-electron chi connectivity index (χ1n) is 18.6. The van der Waals surface area contributed by atoms with Gasteiger partial charge in [0.2, 0.25) is 17.7 Å². The number of thiazole rings is 1. The van der Waals surface area contributed by atoms with Gasteiger partial charge >= 0.3 is 0 Å². The summed E-state index contributed by atoms with van der Waals surface area (Å²) < 4.78 is 0. The molecule has 1 aliphatic rings. The second kappa shape index (κ2) is 20.8. The van der Waals surface area contributed by atoms with Crippen molar-refractivity contribution in [3.8, 4) is 10.4 Å². The Morgan fingerprint density at radius 3 is 1.96 bits per heavy atom. The first-order chi connectivity index (χ1) is 23.4. The van der Waals surface area contributed by atoms with E-state index in [4.69, 9.17) is 5.11 Å². The van der Waals surface area contributed by atoms with E-state index in [-0.39, 0.29) is 36.7 Å². The molecule has 0 unspecified atom stereocenters. The number of β-amino-alcohol motifs (C(OH)–C–C–N with tert-alkyl or cyclic N) is 1. The summed E-state index contributed by atoms with van der Waals surface area (Å²) in [5, 5.41) is 25.4. The number of carbonyl (C=O) groups is 3. The predicted octanol–water partition coefficient (Wildman–Crippen LogP) is 7.24. The largest absolute Gasteiger partial charge is 0.396 e. The maximum Gasteiger partial charge on any atom is 0.246 e. The Balaban J connectivity index is 1.43. The van der Waals surface area contributed by atoms with Crippen molar-refractivity contribution >= 4 is 29.1 Å². The van der Waals surface area contributed by atoms with Gasteiger partial charge in [0.05, 0.1) is 28.2 Å². The van der Waals surface area contributed by atoms with Crippen molar-refractivity contribution < 1.29 is 24.6 Å². The number of aromatic nitrogens is 1. The van der Waals surface area contributed by atoms with Gasteiger partial charge in [-0.2, -0.15) is 0 Å². The van der Waals surface area contributed by atoms with E-state index < -0.39 is 23.6 Å². The minimum absolute atomic E-state index is 0.0568. The third-order valence-electron chi connectivity index (χ3n) is 9.62. The van der Waals surface area contributed by atoms with Crippen molar-refractivity contribution in [1.82, 2.24) is 20.5 Å². The average molecular weight is 699 g/mol. The van der Waals surface area contributed by atoms with Crippen molar-refractivity contribution in [2.45, 2.75) is 155 Å². The van der Waals surface area contributed by atoms with Crippen LogP contribution in [-0.4, -0.2) is 69.2 Å². The number of carbonyl (C=O) groups excluding carboxylic acids is 3. The number of nitrogens with one attached hydrogen (secondary N) is 2. The molecule has 1 fully saturated rings. The first kappa shape index (κ1) is 40.6. The van der Waals surface area contributed by atoms with Gasteiger partial charge in [-0.25, -0.2) is 4.98 Å². The number of aryl methyl sites for hydroxylation is 1. The van der Waals surface area contributed by atoms with Crippen LogP contribution in [0.3, 0.4) is 0 Å². The Morgan fingerprint density at radius 1 is 0.898 bits per heavy atom. The molecule has 0 spiro atoms. The molecule has 3 rings (SSSR count). The van der Waals surface area contributed by atoms with Gasteiger partial charge in [0.1, 0.15) is 12.1 Å². The summed E-state index contributed by atoms with van der Waals surface area (Å²) in [4.78, 5) is 47.4. The van der Waals surface area contributed by atoms with Crippen LogP contribution in [0, 0.1) is 12.3 Å². The van der Waals surface area contributed by atoms with E-state index >= 15 is 0 Å². The lowest BCUT2D eigenvalue weighted by Gasteiger charge is -2.35. The van der Waals surface area contributed by atoms with Crippen LogP contribution in [0.2, 0.25) is 0 Å². The summed E-state index contributed by atoms with van der Waals surface area (Å²) in [5.74, 6) is -0.800. The topological polar surface area (TPSA) is 132 Å². The van der Waals surface area contributed by atoms with Crippen molar-refractivity contribution in [1.29, 1.82) is 0 Å². The molecule has 1 saturated heterocycles. The number of benzene rings is 1. The van der Waals surface area contributed by atoms with Crippen LogP contribution in [0.4, 0.5) is 0 Å². The molecule has 2 heterocycles. The number of aliphatic hydroxyl groups is 2. The zero-order chi connectivity index (χ0) is 35.8. The van der Waals surface area contributed by atoms with Gasteiger partial charge in [-0.05, 0) is 43.2 Å². The molecule has 9 nitrogen and oxygen atoms in total. The van der Waals surface area contributed by atoms with E-state index in [0.717, 1.165) is 53.8 Å². The highest BCUT2D eigenvalue weighted by Gasteiger charge is 2.44. The lowest BCUT2D eigenvalue weighted by atomic mass is 9.85. The molecule has 274 valence electrons. The van der Waals surface area contributed by atoms with Gasteiger partial charge in [0.15, 0.2) is 0 Å². The van der Waals surface area contributed by atoms with Crippen LogP contribution in [0.25, 0.3) is 10.4 Å². The van der Waals surface area contributed by atoms with Crippen LogP contribution in [0.15, 0.2) is 29.8 Å². The number of amides is 3. The summed E-state index contributed by atoms with van der Waals surface area (Å²) in [6, 6.07) is 6.11. The van der Waals surface area contributed by atoms with E-state index in [1.165, 1.54) is 56.3 Å². The molecule has 4 N–H and O–H groups in total. The van der Waals surface area contributed by atoms with Gasteiger partial charge in [0.25, 0.3) is 0 Å². The van der Waals surface area contributed by atoms with Crippen LogP contribution in [0.5, 0.6) is 0 Å². The SMILES string of the molecule is Cc1ncsc1-c1ccc([C@H](C)NC(=O)[C@@H]2C[C@@H](O)CN2C(=O)[C@@H](NC(=O)CCCCCCCCCCCCCCCO)C(C)(C)C)cc1. The molecular formula is C39H62N4O5S. The van der Waals surface area contributed by atoms with Crippen LogP contribution in [-0.2, 0) is 14.4 Å². The number of hydrogen-bond acceptors (Lipinski definition) is 7. The van der Waals surface area contributed by atoms with E-state index in [2.05, 4.69) is 15.6 Å². The smallest absolute Gasteiger partial charge is 0.246 e.